The number of rotatable bonds is 6. The molecule has 0 unspecified atom stereocenters. The SMILES string of the molecule is CN1CCN(Cc2ccc(NC(=O)COc3ccc(Cl)cc3Cl)cc2)CC1. The van der Waals surface area contributed by atoms with Crippen molar-refractivity contribution in [1.29, 1.82) is 0 Å². The second-order valence-corrected chi connectivity index (χ2v) is 7.53. The molecule has 2 aromatic carbocycles. The van der Waals surface area contributed by atoms with Gasteiger partial charge in [0.1, 0.15) is 5.75 Å². The Labute approximate surface area is 169 Å². The monoisotopic (exact) mass is 407 g/mol. The van der Waals surface area contributed by atoms with Crippen LogP contribution in [0.5, 0.6) is 5.75 Å². The molecule has 3 rings (SSSR count). The fourth-order valence-corrected chi connectivity index (χ4v) is 3.35. The first-order valence-corrected chi connectivity index (χ1v) is 9.63. The maximum atomic E-state index is 12.1. The Bertz CT molecular complexity index is 775. The summed E-state index contributed by atoms with van der Waals surface area (Å²) in [6.45, 7) is 5.18. The van der Waals surface area contributed by atoms with Crippen LogP contribution in [0.4, 0.5) is 5.69 Å². The molecule has 7 heteroatoms. The summed E-state index contributed by atoms with van der Waals surface area (Å²) in [5.74, 6) is 0.187. The number of ether oxygens (including phenoxy) is 1. The van der Waals surface area contributed by atoms with E-state index in [2.05, 4.69) is 22.2 Å². The lowest BCUT2D eigenvalue weighted by Gasteiger charge is -2.32. The second kappa shape index (κ2) is 9.42. The molecule has 27 heavy (non-hydrogen) atoms. The van der Waals surface area contributed by atoms with Crippen LogP contribution >= 0.6 is 23.2 Å². The number of hydrogen-bond acceptors (Lipinski definition) is 4. The summed E-state index contributed by atoms with van der Waals surface area (Å²) in [5, 5.41) is 3.73. The number of anilines is 1. The van der Waals surface area contributed by atoms with Crippen molar-refractivity contribution in [1.82, 2.24) is 9.80 Å². The number of carbonyl (C=O) groups is 1. The molecule has 2 aromatic rings. The molecule has 0 aromatic heterocycles. The van der Waals surface area contributed by atoms with Gasteiger partial charge < -0.3 is 15.0 Å². The fourth-order valence-electron chi connectivity index (χ4n) is 2.89. The zero-order valence-corrected chi connectivity index (χ0v) is 16.8. The molecular weight excluding hydrogens is 385 g/mol. The smallest absolute Gasteiger partial charge is 0.262 e. The maximum absolute atomic E-state index is 12.1. The zero-order chi connectivity index (χ0) is 19.2. The summed E-state index contributed by atoms with van der Waals surface area (Å²) in [7, 11) is 2.15. The number of nitrogens with zero attached hydrogens (tertiary/aromatic N) is 2. The van der Waals surface area contributed by atoms with Crippen LogP contribution in [0.25, 0.3) is 0 Å². The molecule has 1 heterocycles. The highest BCUT2D eigenvalue weighted by molar-refractivity contribution is 6.35. The Kier molecular flexibility index (Phi) is 6.96. The predicted molar refractivity (Wildman–Crippen MR) is 110 cm³/mol. The molecule has 0 spiro atoms. The quantitative estimate of drug-likeness (QED) is 0.791. The van der Waals surface area contributed by atoms with Crippen molar-refractivity contribution in [2.24, 2.45) is 0 Å². The van der Waals surface area contributed by atoms with Gasteiger partial charge in [0.15, 0.2) is 6.61 Å². The summed E-state index contributed by atoms with van der Waals surface area (Å²) >= 11 is 11.9. The van der Waals surface area contributed by atoms with Crippen LogP contribution in [0.2, 0.25) is 10.0 Å². The molecule has 5 nitrogen and oxygen atoms in total. The first kappa shape index (κ1) is 20.0. The molecule has 0 atom stereocenters. The van der Waals surface area contributed by atoms with Crippen LogP contribution in [-0.4, -0.2) is 55.5 Å². The fraction of sp³-hybridized carbons (Fsp3) is 0.350. The number of carbonyl (C=O) groups excluding carboxylic acids is 1. The number of piperazine rings is 1. The molecule has 1 N–H and O–H groups in total. The van der Waals surface area contributed by atoms with E-state index in [0.717, 1.165) is 38.4 Å². The van der Waals surface area contributed by atoms with Crippen molar-refractivity contribution in [3.05, 3.63) is 58.1 Å². The summed E-state index contributed by atoms with van der Waals surface area (Å²) in [6, 6.07) is 12.8. The Hall–Kier alpha value is -1.79. The van der Waals surface area contributed by atoms with Crippen LogP contribution in [0.1, 0.15) is 5.56 Å². The number of hydrogen-bond donors (Lipinski definition) is 1. The molecule has 1 amide bonds. The first-order chi connectivity index (χ1) is 13.0. The number of halogens is 2. The predicted octanol–water partition coefficient (Wildman–Crippen LogP) is 3.76. The van der Waals surface area contributed by atoms with Gasteiger partial charge in [0, 0.05) is 43.4 Å². The minimum absolute atomic E-state index is 0.121. The topological polar surface area (TPSA) is 44.8 Å². The van der Waals surface area contributed by atoms with Crippen molar-refractivity contribution in [3.8, 4) is 5.75 Å². The standard InChI is InChI=1S/C20H23Cl2N3O2/c1-24-8-10-25(11-9-24)13-15-2-5-17(6-3-15)23-20(26)14-27-19-7-4-16(21)12-18(19)22/h2-7,12H,8-11,13-14H2,1H3,(H,23,26). The Morgan fingerprint density at radius 3 is 2.44 bits per heavy atom. The highest BCUT2D eigenvalue weighted by Crippen LogP contribution is 2.27. The van der Waals surface area contributed by atoms with E-state index >= 15 is 0 Å². The molecule has 1 saturated heterocycles. The van der Waals surface area contributed by atoms with E-state index < -0.39 is 0 Å². The lowest BCUT2D eigenvalue weighted by atomic mass is 10.2. The normalized spacial score (nSPS) is 15.5. The van der Waals surface area contributed by atoms with Crippen LogP contribution < -0.4 is 10.1 Å². The van der Waals surface area contributed by atoms with E-state index in [4.69, 9.17) is 27.9 Å². The molecule has 0 bridgehead atoms. The average molecular weight is 408 g/mol. The van der Waals surface area contributed by atoms with Crippen molar-refractivity contribution < 1.29 is 9.53 Å². The van der Waals surface area contributed by atoms with E-state index in [1.165, 1.54) is 5.56 Å². The lowest BCUT2D eigenvalue weighted by molar-refractivity contribution is -0.118. The molecule has 0 radical (unpaired) electrons. The van der Waals surface area contributed by atoms with Gasteiger partial charge in [0.2, 0.25) is 0 Å². The lowest BCUT2D eigenvalue weighted by Crippen LogP contribution is -2.43. The van der Waals surface area contributed by atoms with Gasteiger partial charge in [0.05, 0.1) is 5.02 Å². The summed E-state index contributed by atoms with van der Waals surface area (Å²) in [4.78, 5) is 16.9. The van der Waals surface area contributed by atoms with Crippen LogP contribution in [-0.2, 0) is 11.3 Å². The molecule has 1 aliphatic heterocycles. The molecule has 0 aliphatic carbocycles. The van der Waals surface area contributed by atoms with Crippen LogP contribution in [0.3, 0.4) is 0 Å². The zero-order valence-electron chi connectivity index (χ0n) is 15.3. The Balaban J connectivity index is 1.46. The van der Waals surface area contributed by atoms with Crippen molar-refractivity contribution in [2.45, 2.75) is 6.54 Å². The van der Waals surface area contributed by atoms with E-state index in [0.29, 0.717) is 15.8 Å². The van der Waals surface area contributed by atoms with Gasteiger partial charge in [-0.3, -0.25) is 9.69 Å². The van der Waals surface area contributed by atoms with Gasteiger partial charge in [-0.2, -0.15) is 0 Å². The van der Waals surface area contributed by atoms with Gasteiger partial charge >= 0.3 is 0 Å². The second-order valence-electron chi connectivity index (χ2n) is 6.69. The Morgan fingerprint density at radius 2 is 1.78 bits per heavy atom. The third-order valence-corrected chi connectivity index (χ3v) is 5.02. The van der Waals surface area contributed by atoms with Crippen molar-refractivity contribution in [2.75, 3.05) is 45.2 Å². The maximum Gasteiger partial charge on any atom is 0.262 e. The molecule has 1 aliphatic rings. The van der Waals surface area contributed by atoms with Gasteiger partial charge in [-0.05, 0) is 42.9 Å². The van der Waals surface area contributed by atoms with Gasteiger partial charge in [0.25, 0.3) is 5.91 Å². The number of nitrogens with one attached hydrogen (secondary N) is 1. The van der Waals surface area contributed by atoms with Crippen LogP contribution in [0, 0.1) is 0 Å². The van der Waals surface area contributed by atoms with Crippen molar-refractivity contribution >= 4 is 34.8 Å². The van der Waals surface area contributed by atoms with Gasteiger partial charge in [-0.1, -0.05) is 35.3 Å². The van der Waals surface area contributed by atoms with Gasteiger partial charge in [-0.15, -0.1) is 0 Å². The average Bonchev–Trinajstić information content (AvgIpc) is 2.64. The van der Waals surface area contributed by atoms with Gasteiger partial charge in [-0.25, -0.2) is 0 Å². The third kappa shape index (κ3) is 6.11. The summed E-state index contributed by atoms with van der Waals surface area (Å²) in [6.07, 6.45) is 0. The minimum Gasteiger partial charge on any atom is -0.482 e. The highest BCUT2D eigenvalue weighted by atomic mass is 35.5. The van der Waals surface area contributed by atoms with Crippen molar-refractivity contribution in [3.63, 3.8) is 0 Å². The molecular formula is C20H23Cl2N3O2. The highest BCUT2D eigenvalue weighted by Gasteiger charge is 2.14. The Morgan fingerprint density at radius 1 is 1.07 bits per heavy atom. The number of likely N-dealkylation sites (N-methyl/N-ethyl adjacent to an activating group) is 1. The third-order valence-electron chi connectivity index (χ3n) is 4.49. The minimum atomic E-state index is -0.243. The molecule has 0 saturated carbocycles. The van der Waals surface area contributed by atoms with E-state index in [1.54, 1.807) is 18.2 Å². The molecule has 144 valence electrons. The first-order valence-electron chi connectivity index (χ1n) is 8.87. The van der Waals surface area contributed by atoms with E-state index in [-0.39, 0.29) is 12.5 Å². The molecule has 1 fully saturated rings. The van der Waals surface area contributed by atoms with E-state index in [1.807, 2.05) is 24.3 Å². The number of benzene rings is 2. The van der Waals surface area contributed by atoms with Crippen LogP contribution in [0.15, 0.2) is 42.5 Å². The van der Waals surface area contributed by atoms with E-state index in [9.17, 15) is 4.79 Å². The largest absolute Gasteiger partial charge is 0.482 e. The number of amides is 1. The summed E-state index contributed by atoms with van der Waals surface area (Å²) in [5.41, 5.74) is 1.98. The summed E-state index contributed by atoms with van der Waals surface area (Å²) < 4.78 is 5.45.